The van der Waals surface area contributed by atoms with Crippen molar-refractivity contribution in [3.63, 3.8) is 0 Å². The topological polar surface area (TPSA) is 40.5 Å². The van der Waals surface area contributed by atoms with Crippen molar-refractivity contribution in [2.75, 3.05) is 13.1 Å². The summed E-state index contributed by atoms with van der Waals surface area (Å²) in [7, 11) is 0. The van der Waals surface area contributed by atoms with Crippen LogP contribution in [0.25, 0.3) is 0 Å². The van der Waals surface area contributed by atoms with Gasteiger partial charge in [-0.2, -0.15) is 0 Å². The van der Waals surface area contributed by atoms with E-state index in [0.29, 0.717) is 13.1 Å². The minimum absolute atomic E-state index is 0. The first-order valence-corrected chi connectivity index (χ1v) is 2.92. The van der Waals surface area contributed by atoms with Crippen molar-refractivity contribution >= 4 is 18.5 Å². The molecular formula is C7H12ClNO2. The van der Waals surface area contributed by atoms with Gasteiger partial charge in [0.05, 0.1) is 0 Å². The van der Waals surface area contributed by atoms with Crippen LogP contribution in [0.2, 0.25) is 0 Å². The molecule has 0 fully saturated rings. The van der Waals surface area contributed by atoms with Crippen LogP contribution in [0.4, 0.5) is 4.79 Å². The number of hydrogen-bond donors (Lipinski definition) is 1. The summed E-state index contributed by atoms with van der Waals surface area (Å²) < 4.78 is 0. The van der Waals surface area contributed by atoms with Gasteiger partial charge in [0.15, 0.2) is 0 Å². The van der Waals surface area contributed by atoms with Crippen LogP contribution in [0.3, 0.4) is 0 Å². The predicted molar refractivity (Wildman–Crippen MR) is 47.2 cm³/mol. The quantitative estimate of drug-likeness (QED) is 0.665. The van der Waals surface area contributed by atoms with Crippen molar-refractivity contribution in [2.24, 2.45) is 0 Å². The van der Waals surface area contributed by atoms with E-state index in [4.69, 9.17) is 5.11 Å². The van der Waals surface area contributed by atoms with E-state index < -0.39 is 6.09 Å². The monoisotopic (exact) mass is 177 g/mol. The Morgan fingerprint density at radius 1 is 1.36 bits per heavy atom. The Hall–Kier alpha value is -0.960. The van der Waals surface area contributed by atoms with Gasteiger partial charge in [-0.3, -0.25) is 0 Å². The van der Waals surface area contributed by atoms with Gasteiger partial charge in [0.2, 0.25) is 0 Å². The summed E-state index contributed by atoms with van der Waals surface area (Å²) in [5.74, 6) is 0. The van der Waals surface area contributed by atoms with E-state index in [9.17, 15) is 4.79 Å². The maximum absolute atomic E-state index is 10.3. The zero-order chi connectivity index (χ0) is 7.98. The summed E-state index contributed by atoms with van der Waals surface area (Å²) in [5, 5.41) is 8.47. The van der Waals surface area contributed by atoms with E-state index in [-0.39, 0.29) is 12.4 Å². The summed E-state index contributed by atoms with van der Waals surface area (Å²) in [5.41, 5.74) is 0. The highest BCUT2D eigenvalue weighted by Crippen LogP contribution is 1.88. The molecule has 64 valence electrons. The molecule has 11 heavy (non-hydrogen) atoms. The van der Waals surface area contributed by atoms with Gasteiger partial charge in [0.1, 0.15) is 0 Å². The number of carboxylic acid groups (broad SMARTS) is 1. The molecule has 0 aromatic heterocycles. The zero-order valence-corrected chi connectivity index (χ0v) is 7.01. The molecule has 0 saturated carbocycles. The molecule has 3 nitrogen and oxygen atoms in total. The maximum Gasteiger partial charge on any atom is 0.407 e. The van der Waals surface area contributed by atoms with E-state index in [1.165, 1.54) is 17.1 Å². The third kappa shape index (κ3) is 5.48. The molecule has 0 aromatic carbocycles. The molecule has 0 radical (unpaired) electrons. The maximum atomic E-state index is 10.3. The molecule has 0 heterocycles. The highest BCUT2D eigenvalue weighted by Gasteiger charge is 2.05. The number of carbonyl (C=O) groups is 1. The normalized spacial score (nSPS) is 7.64. The number of halogens is 1. The SMILES string of the molecule is C=CCN(CC=C)C(=O)O.Cl. The van der Waals surface area contributed by atoms with Crippen LogP contribution < -0.4 is 0 Å². The first-order valence-electron chi connectivity index (χ1n) is 2.92. The molecule has 0 unspecified atom stereocenters. The van der Waals surface area contributed by atoms with Crippen molar-refractivity contribution in [3.8, 4) is 0 Å². The van der Waals surface area contributed by atoms with Gasteiger partial charge >= 0.3 is 6.09 Å². The molecule has 1 amide bonds. The standard InChI is InChI=1S/C7H11NO2.ClH/c1-3-5-8(6-4-2)7(9)10;/h3-4H,1-2,5-6H2,(H,9,10);1H. The minimum atomic E-state index is -0.945. The molecule has 0 rings (SSSR count). The van der Waals surface area contributed by atoms with Crippen LogP contribution in [0.15, 0.2) is 25.3 Å². The summed E-state index contributed by atoms with van der Waals surface area (Å²) in [6, 6.07) is 0. The lowest BCUT2D eigenvalue weighted by Gasteiger charge is -2.13. The molecule has 0 aliphatic heterocycles. The predicted octanol–water partition coefficient (Wildman–Crippen LogP) is 1.76. The van der Waals surface area contributed by atoms with E-state index in [0.717, 1.165) is 0 Å². The first-order chi connectivity index (χ1) is 4.72. The van der Waals surface area contributed by atoms with Crippen LogP contribution in [-0.2, 0) is 0 Å². The Kier molecular flexibility index (Phi) is 8.25. The van der Waals surface area contributed by atoms with E-state index in [1.807, 2.05) is 0 Å². The van der Waals surface area contributed by atoms with Gasteiger partial charge in [-0.15, -0.1) is 25.6 Å². The Morgan fingerprint density at radius 3 is 1.91 bits per heavy atom. The van der Waals surface area contributed by atoms with Crippen molar-refractivity contribution in [1.82, 2.24) is 4.90 Å². The molecule has 4 heteroatoms. The Balaban J connectivity index is 0. The van der Waals surface area contributed by atoms with Gasteiger partial charge in [-0.05, 0) is 0 Å². The van der Waals surface area contributed by atoms with Crippen molar-refractivity contribution < 1.29 is 9.90 Å². The largest absolute Gasteiger partial charge is 0.465 e. The van der Waals surface area contributed by atoms with Crippen molar-refractivity contribution in [3.05, 3.63) is 25.3 Å². The minimum Gasteiger partial charge on any atom is -0.465 e. The Bertz CT molecular complexity index is 137. The Labute approximate surface area is 72.4 Å². The van der Waals surface area contributed by atoms with Crippen LogP contribution in [-0.4, -0.2) is 29.2 Å². The summed E-state index contributed by atoms with van der Waals surface area (Å²) in [6.45, 7) is 7.55. The summed E-state index contributed by atoms with van der Waals surface area (Å²) >= 11 is 0. The van der Waals surface area contributed by atoms with Gasteiger partial charge in [-0.1, -0.05) is 12.2 Å². The highest BCUT2D eigenvalue weighted by atomic mass is 35.5. The van der Waals surface area contributed by atoms with Gasteiger partial charge in [0, 0.05) is 13.1 Å². The Morgan fingerprint density at radius 2 is 1.73 bits per heavy atom. The molecule has 0 spiro atoms. The summed E-state index contributed by atoms with van der Waals surface area (Å²) in [4.78, 5) is 11.5. The highest BCUT2D eigenvalue weighted by molar-refractivity contribution is 5.85. The molecule has 0 atom stereocenters. The zero-order valence-electron chi connectivity index (χ0n) is 6.19. The van der Waals surface area contributed by atoms with Gasteiger partial charge in [-0.25, -0.2) is 4.79 Å². The molecular weight excluding hydrogens is 166 g/mol. The second-order valence-corrected chi connectivity index (χ2v) is 1.76. The van der Waals surface area contributed by atoms with Gasteiger partial charge < -0.3 is 10.0 Å². The van der Waals surface area contributed by atoms with Crippen LogP contribution >= 0.6 is 12.4 Å². The van der Waals surface area contributed by atoms with E-state index in [2.05, 4.69) is 13.2 Å². The lowest BCUT2D eigenvalue weighted by Crippen LogP contribution is -2.29. The number of hydrogen-bond acceptors (Lipinski definition) is 1. The molecule has 0 saturated heterocycles. The molecule has 0 aromatic rings. The second kappa shape index (κ2) is 7.15. The number of rotatable bonds is 4. The van der Waals surface area contributed by atoms with Crippen LogP contribution in [0.5, 0.6) is 0 Å². The number of nitrogens with zero attached hydrogens (tertiary/aromatic N) is 1. The molecule has 1 N–H and O–H groups in total. The third-order valence-electron chi connectivity index (χ3n) is 0.969. The second-order valence-electron chi connectivity index (χ2n) is 1.76. The van der Waals surface area contributed by atoms with Crippen LogP contribution in [0, 0.1) is 0 Å². The van der Waals surface area contributed by atoms with Crippen LogP contribution in [0.1, 0.15) is 0 Å². The lowest BCUT2D eigenvalue weighted by molar-refractivity contribution is 0.155. The fourth-order valence-corrected chi connectivity index (χ4v) is 0.542. The fraction of sp³-hybridized carbons (Fsp3) is 0.286. The molecule has 0 aliphatic carbocycles. The smallest absolute Gasteiger partial charge is 0.407 e. The average Bonchev–Trinajstić information content (AvgIpc) is 1.87. The van der Waals surface area contributed by atoms with Gasteiger partial charge in [0.25, 0.3) is 0 Å². The van der Waals surface area contributed by atoms with Crippen molar-refractivity contribution in [2.45, 2.75) is 0 Å². The lowest BCUT2D eigenvalue weighted by atomic mass is 10.5. The van der Waals surface area contributed by atoms with Crippen molar-refractivity contribution in [1.29, 1.82) is 0 Å². The third-order valence-corrected chi connectivity index (χ3v) is 0.969. The van der Waals surface area contributed by atoms with E-state index >= 15 is 0 Å². The molecule has 0 aliphatic rings. The summed E-state index contributed by atoms with van der Waals surface area (Å²) in [6.07, 6.45) is 2.13. The fourth-order valence-electron chi connectivity index (χ4n) is 0.542. The first kappa shape index (κ1) is 12.7. The molecule has 0 bridgehead atoms. The number of amides is 1. The van der Waals surface area contributed by atoms with E-state index in [1.54, 1.807) is 0 Å². The average molecular weight is 178 g/mol.